The Kier molecular flexibility index (Phi) is 6.66. The molecule has 0 fully saturated rings. The SMILES string of the molecule is CN1c2cccc(n2)N(C)c2cccc(n2)N(C)c2cccc(c2NS(=O)(=O)C(F)(F)F)N(C)c2cccc1n2. The van der Waals surface area contributed by atoms with Crippen molar-refractivity contribution >= 4 is 62.0 Å². The van der Waals surface area contributed by atoms with Crippen molar-refractivity contribution in [2.24, 2.45) is 0 Å². The lowest BCUT2D eigenvalue weighted by Crippen LogP contribution is -2.31. The number of anilines is 9. The van der Waals surface area contributed by atoms with Crippen molar-refractivity contribution in [3.63, 3.8) is 0 Å². The number of fused-ring (bicyclic) bond motifs is 8. The number of pyridine rings is 3. The number of alkyl halides is 3. The number of rotatable bonds is 2. The van der Waals surface area contributed by atoms with Crippen LogP contribution in [-0.4, -0.2) is 57.1 Å². The number of para-hydroxylation sites is 1. The molecule has 0 radical (unpaired) electrons. The smallest absolute Gasteiger partial charge is 0.328 e. The molecule has 0 saturated carbocycles. The third kappa shape index (κ3) is 4.81. The van der Waals surface area contributed by atoms with Crippen molar-refractivity contribution in [1.82, 2.24) is 15.0 Å². The van der Waals surface area contributed by atoms with Crippen LogP contribution in [0.3, 0.4) is 0 Å². The first-order chi connectivity index (χ1) is 18.9. The lowest BCUT2D eigenvalue weighted by Gasteiger charge is -2.29. The standard InChI is InChI=1S/C26H25F3N8O2S/c1-34-17-9-5-10-18(25(17)33-40(38,39)26(27,28)29)35(2)20-12-7-14-22(31-20)37(4)24-16-8-15-23(32-24)36(3)21-13-6-11-19(34)30-21/h5-16,33H,1-4H3. The lowest BCUT2D eigenvalue weighted by molar-refractivity contribution is -0.0429. The minimum absolute atomic E-state index is 0.143. The monoisotopic (exact) mass is 570 g/mol. The second-order valence-corrected chi connectivity index (χ2v) is 10.7. The van der Waals surface area contributed by atoms with E-state index in [2.05, 4.69) is 0 Å². The molecular weight excluding hydrogens is 545 g/mol. The summed E-state index contributed by atoms with van der Waals surface area (Å²) in [4.78, 5) is 20.7. The first kappa shape index (κ1) is 27.0. The molecule has 4 heterocycles. The van der Waals surface area contributed by atoms with Gasteiger partial charge in [-0.2, -0.15) is 21.6 Å². The summed E-state index contributed by atoms with van der Waals surface area (Å²) in [6.45, 7) is 0. The maximum Gasteiger partial charge on any atom is 0.516 e. The van der Waals surface area contributed by atoms with Crippen molar-refractivity contribution in [2.75, 3.05) is 52.5 Å². The molecule has 0 aliphatic carbocycles. The molecule has 4 aromatic rings. The Hall–Kier alpha value is -4.59. The summed E-state index contributed by atoms with van der Waals surface area (Å²) in [5.74, 6) is 2.92. The van der Waals surface area contributed by atoms with Crippen LogP contribution in [-0.2, 0) is 10.0 Å². The van der Waals surface area contributed by atoms with Gasteiger partial charge in [0.2, 0.25) is 0 Å². The Labute approximate surface area is 229 Å². The summed E-state index contributed by atoms with van der Waals surface area (Å²) < 4.78 is 67.1. The zero-order valence-corrected chi connectivity index (χ0v) is 22.7. The summed E-state index contributed by atoms with van der Waals surface area (Å²) in [6.07, 6.45) is 0. The molecule has 10 nitrogen and oxygen atoms in total. The van der Waals surface area contributed by atoms with Crippen LogP contribution >= 0.6 is 0 Å². The van der Waals surface area contributed by atoms with Crippen LogP contribution in [0.15, 0.2) is 72.8 Å². The Morgan fingerprint density at radius 1 is 0.575 bits per heavy atom. The molecule has 3 aromatic heterocycles. The van der Waals surface area contributed by atoms with Crippen LogP contribution < -0.4 is 24.3 Å². The van der Waals surface area contributed by atoms with Gasteiger partial charge in [-0.3, -0.25) is 4.72 Å². The zero-order valence-electron chi connectivity index (χ0n) is 21.9. The van der Waals surface area contributed by atoms with Gasteiger partial charge in [0.1, 0.15) is 34.9 Å². The second-order valence-electron chi connectivity index (χ2n) is 9.02. The number of benzene rings is 1. The van der Waals surface area contributed by atoms with Gasteiger partial charge in [0, 0.05) is 28.2 Å². The van der Waals surface area contributed by atoms with Gasteiger partial charge >= 0.3 is 15.5 Å². The fourth-order valence-electron chi connectivity index (χ4n) is 4.22. The molecule has 40 heavy (non-hydrogen) atoms. The van der Waals surface area contributed by atoms with E-state index in [4.69, 9.17) is 15.0 Å². The van der Waals surface area contributed by atoms with E-state index in [0.29, 0.717) is 34.9 Å². The maximum atomic E-state index is 13.5. The zero-order chi connectivity index (χ0) is 28.8. The number of hydrogen-bond acceptors (Lipinski definition) is 9. The number of halogens is 3. The van der Waals surface area contributed by atoms with Crippen molar-refractivity contribution in [1.29, 1.82) is 0 Å². The molecule has 0 spiro atoms. The van der Waals surface area contributed by atoms with E-state index >= 15 is 0 Å². The van der Waals surface area contributed by atoms with Crippen LogP contribution in [0.25, 0.3) is 0 Å². The van der Waals surface area contributed by atoms with E-state index in [-0.39, 0.29) is 17.1 Å². The molecule has 208 valence electrons. The van der Waals surface area contributed by atoms with Crippen LogP contribution in [0.5, 0.6) is 0 Å². The quantitative estimate of drug-likeness (QED) is 0.334. The van der Waals surface area contributed by atoms with Crippen molar-refractivity contribution < 1.29 is 21.6 Å². The van der Waals surface area contributed by atoms with Gasteiger partial charge in [0.05, 0.1) is 17.1 Å². The van der Waals surface area contributed by atoms with E-state index in [1.54, 1.807) is 85.2 Å². The minimum atomic E-state index is -5.77. The molecule has 0 amide bonds. The minimum Gasteiger partial charge on any atom is -0.328 e. The van der Waals surface area contributed by atoms with E-state index in [0.717, 1.165) is 0 Å². The Morgan fingerprint density at radius 3 is 1.20 bits per heavy atom. The molecule has 1 aromatic carbocycles. The second kappa shape index (κ2) is 9.86. The van der Waals surface area contributed by atoms with E-state index < -0.39 is 15.5 Å². The Bertz CT molecular complexity index is 1590. The third-order valence-electron chi connectivity index (χ3n) is 6.51. The van der Waals surface area contributed by atoms with E-state index in [1.807, 2.05) is 18.2 Å². The fourth-order valence-corrected chi connectivity index (χ4v) is 4.82. The summed E-state index contributed by atoms with van der Waals surface area (Å²) >= 11 is 0. The highest BCUT2D eigenvalue weighted by atomic mass is 32.2. The number of aromatic nitrogens is 3. The fraction of sp³-hybridized carbons (Fsp3) is 0.192. The maximum absolute atomic E-state index is 13.5. The predicted octanol–water partition coefficient (Wildman–Crippen LogP) is 5.52. The van der Waals surface area contributed by atoms with Gasteiger partial charge in [-0.25, -0.2) is 15.0 Å². The molecule has 5 rings (SSSR count). The molecule has 1 aliphatic heterocycles. The van der Waals surface area contributed by atoms with E-state index in [9.17, 15) is 21.6 Å². The normalized spacial score (nSPS) is 13.9. The highest BCUT2D eigenvalue weighted by Crippen LogP contribution is 2.42. The van der Waals surface area contributed by atoms with Crippen LogP contribution in [0.1, 0.15) is 0 Å². The van der Waals surface area contributed by atoms with Crippen molar-refractivity contribution in [2.45, 2.75) is 5.51 Å². The molecule has 0 unspecified atom stereocenters. The largest absolute Gasteiger partial charge is 0.516 e. The average molecular weight is 571 g/mol. The summed E-state index contributed by atoms with van der Waals surface area (Å²) in [5, 5.41) is 0. The predicted molar refractivity (Wildman–Crippen MR) is 150 cm³/mol. The Balaban J connectivity index is 1.78. The molecule has 8 bridgehead atoms. The summed E-state index contributed by atoms with van der Waals surface area (Å²) in [6, 6.07) is 20.5. The van der Waals surface area contributed by atoms with Gasteiger partial charge in [-0.15, -0.1) is 0 Å². The van der Waals surface area contributed by atoms with Gasteiger partial charge in [0.25, 0.3) is 0 Å². The number of hydrogen-bond donors (Lipinski definition) is 1. The highest BCUT2D eigenvalue weighted by molar-refractivity contribution is 7.93. The van der Waals surface area contributed by atoms with Gasteiger partial charge in [0.15, 0.2) is 0 Å². The Morgan fingerprint density at radius 2 is 0.875 bits per heavy atom. The lowest BCUT2D eigenvalue weighted by atomic mass is 10.2. The first-order valence-electron chi connectivity index (χ1n) is 12.0. The molecule has 1 N–H and O–H groups in total. The summed E-state index contributed by atoms with van der Waals surface area (Å²) in [5.41, 5.74) is -5.53. The molecule has 0 saturated heterocycles. The average Bonchev–Trinajstić information content (AvgIpc) is 2.94. The third-order valence-corrected chi connectivity index (χ3v) is 7.59. The topological polar surface area (TPSA) is 97.8 Å². The number of nitrogens with one attached hydrogen (secondary N) is 1. The highest BCUT2D eigenvalue weighted by Gasteiger charge is 2.47. The van der Waals surface area contributed by atoms with Crippen LogP contribution in [0, 0.1) is 0 Å². The molecule has 1 aliphatic rings. The van der Waals surface area contributed by atoms with Crippen molar-refractivity contribution in [3.05, 3.63) is 72.8 Å². The number of sulfonamides is 1. The van der Waals surface area contributed by atoms with Gasteiger partial charge in [-0.1, -0.05) is 24.3 Å². The summed E-state index contributed by atoms with van der Waals surface area (Å²) in [7, 11) is 0.993. The molecule has 0 atom stereocenters. The van der Waals surface area contributed by atoms with Crippen molar-refractivity contribution in [3.8, 4) is 0 Å². The molecular formula is C26H25F3N8O2S. The first-order valence-corrected chi connectivity index (χ1v) is 13.4. The van der Waals surface area contributed by atoms with Crippen LogP contribution in [0.4, 0.5) is 65.1 Å². The van der Waals surface area contributed by atoms with Crippen LogP contribution in [0.2, 0.25) is 0 Å². The molecule has 14 heteroatoms. The van der Waals surface area contributed by atoms with E-state index in [1.165, 1.54) is 21.9 Å². The van der Waals surface area contributed by atoms with Gasteiger partial charge in [-0.05, 0) is 48.5 Å². The number of nitrogens with zero attached hydrogens (tertiary/aromatic N) is 7. The van der Waals surface area contributed by atoms with Gasteiger partial charge < -0.3 is 19.6 Å².